The number of anilines is 1. The molecule has 0 spiro atoms. The first kappa shape index (κ1) is 10.9. The minimum atomic E-state index is 0.0537. The van der Waals surface area contributed by atoms with Crippen molar-refractivity contribution in [3.05, 3.63) is 18.6 Å². The number of hydrogen-bond acceptors (Lipinski definition) is 4. The van der Waals surface area contributed by atoms with Crippen molar-refractivity contribution in [2.45, 2.75) is 25.8 Å². The van der Waals surface area contributed by atoms with E-state index in [1.807, 2.05) is 0 Å². The lowest BCUT2D eigenvalue weighted by Gasteiger charge is -2.32. The lowest BCUT2D eigenvalue weighted by atomic mass is 10.1. The molecule has 86 valence electrons. The zero-order valence-electron chi connectivity index (χ0n) is 9.39. The molecule has 0 aliphatic carbocycles. The van der Waals surface area contributed by atoms with Crippen LogP contribution in [0.4, 0.5) is 5.82 Å². The molecule has 0 bridgehead atoms. The van der Waals surface area contributed by atoms with Crippen molar-refractivity contribution >= 4 is 11.7 Å². The molecule has 1 saturated heterocycles. The maximum absolute atomic E-state index is 10.9. The quantitative estimate of drug-likeness (QED) is 0.792. The minimum absolute atomic E-state index is 0.0537. The highest BCUT2D eigenvalue weighted by Crippen LogP contribution is 2.16. The Bertz CT molecular complexity index is 346. The topological polar surface area (TPSA) is 58.1 Å². The number of aromatic nitrogens is 2. The van der Waals surface area contributed by atoms with Crippen LogP contribution in [0.15, 0.2) is 18.6 Å². The predicted octanol–water partition coefficient (Wildman–Crippen LogP) is 0.581. The third-order valence-electron chi connectivity index (χ3n) is 2.78. The lowest BCUT2D eigenvalue weighted by Crippen LogP contribution is -2.44. The number of hydrogen-bond donors (Lipinski definition) is 1. The van der Waals surface area contributed by atoms with E-state index in [-0.39, 0.29) is 5.91 Å². The molecule has 0 radical (unpaired) electrons. The summed E-state index contributed by atoms with van der Waals surface area (Å²) < 4.78 is 0. The molecule has 5 heteroatoms. The van der Waals surface area contributed by atoms with Crippen molar-refractivity contribution in [1.29, 1.82) is 0 Å². The van der Waals surface area contributed by atoms with Crippen LogP contribution in [0.5, 0.6) is 0 Å². The number of carbonyl (C=O) groups is 1. The van der Waals surface area contributed by atoms with Crippen molar-refractivity contribution in [3.8, 4) is 0 Å². The maximum atomic E-state index is 10.9. The molecule has 0 saturated carbocycles. The van der Waals surface area contributed by atoms with Crippen molar-refractivity contribution in [1.82, 2.24) is 15.3 Å². The summed E-state index contributed by atoms with van der Waals surface area (Å²) in [6, 6.07) is 0.311. The first-order chi connectivity index (χ1) is 7.75. The van der Waals surface area contributed by atoms with Gasteiger partial charge in [0.2, 0.25) is 5.91 Å². The van der Waals surface area contributed by atoms with Gasteiger partial charge in [-0.25, -0.2) is 4.98 Å². The van der Waals surface area contributed by atoms with Crippen LogP contribution in [0.2, 0.25) is 0 Å². The summed E-state index contributed by atoms with van der Waals surface area (Å²) in [6.45, 7) is 3.41. The van der Waals surface area contributed by atoms with E-state index in [2.05, 4.69) is 20.2 Å². The average Bonchev–Trinajstić information content (AvgIpc) is 2.30. The zero-order chi connectivity index (χ0) is 11.4. The van der Waals surface area contributed by atoms with E-state index in [0.29, 0.717) is 6.04 Å². The molecular weight excluding hydrogens is 204 g/mol. The summed E-state index contributed by atoms with van der Waals surface area (Å²) in [5, 5.41) is 2.95. The van der Waals surface area contributed by atoms with Gasteiger partial charge in [0.05, 0.1) is 6.20 Å². The number of amides is 1. The highest BCUT2D eigenvalue weighted by atomic mass is 16.1. The van der Waals surface area contributed by atoms with Gasteiger partial charge in [-0.3, -0.25) is 9.78 Å². The third kappa shape index (κ3) is 2.68. The van der Waals surface area contributed by atoms with Crippen LogP contribution < -0.4 is 10.2 Å². The molecule has 1 aromatic heterocycles. The smallest absolute Gasteiger partial charge is 0.217 e. The van der Waals surface area contributed by atoms with Gasteiger partial charge in [0.25, 0.3) is 0 Å². The normalized spacial score (nSPS) is 17.2. The highest BCUT2D eigenvalue weighted by molar-refractivity contribution is 5.73. The van der Waals surface area contributed by atoms with E-state index >= 15 is 0 Å². The molecule has 0 unspecified atom stereocenters. The van der Waals surface area contributed by atoms with Crippen LogP contribution in [-0.4, -0.2) is 35.0 Å². The van der Waals surface area contributed by atoms with E-state index in [1.54, 1.807) is 25.5 Å². The molecule has 1 fully saturated rings. The molecule has 1 N–H and O–H groups in total. The Morgan fingerprint density at radius 3 is 2.75 bits per heavy atom. The summed E-state index contributed by atoms with van der Waals surface area (Å²) in [6.07, 6.45) is 7.09. The van der Waals surface area contributed by atoms with Crippen LogP contribution in [0.25, 0.3) is 0 Å². The Balaban J connectivity index is 1.88. The Hall–Kier alpha value is -1.65. The molecule has 5 nitrogen and oxygen atoms in total. The average molecular weight is 220 g/mol. The van der Waals surface area contributed by atoms with E-state index in [1.165, 1.54) is 0 Å². The number of piperidine rings is 1. The van der Waals surface area contributed by atoms with Crippen LogP contribution >= 0.6 is 0 Å². The molecule has 0 aromatic carbocycles. The largest absolute Gasteiger partial charge is 0.355 e. The maximum Gasteiger partial charge on any atom is 0.217 e. The lowest BCUT2D eigenvalue weighted by molar-refractivity contribution is -0.119. The van der Waals surface area contributed by atoms with Gasteiger partial charge < -0.3 is 10.2 Å². The molecule has 0 atom stereocenters. The Morgan fingerprint density at radius 1 is 1.44 bits per heavy atom. The van der Waals surface area contributed by atoms with Gasteiger partial charge in [0.15, 0.2) is 0 Å². The Labute approximate surface area is 94.9 Å². The second kappa shape index (κ2) is 4.92. The number of nitrogens with zero attached hydrogens (tertiary/aromatic N) is 3. The molecule has 1 amide bonds. The van der Waals surface area contributed by atoms with Crippen LogP contribution in [0.3, 0.4) is 0 Å². The zero-order valence-corrected chi connectivity index (χ0v) is 9.39. The van der Waals surface area contributed by atoms with Crippen molar-refractivity contribution in [3.63, 3.8) is 0 Å². The number of nitrogens with one attached hydrogen (secondary N) is 1. The Morgan fingerprint density at radius 2 is 2.19 bits per heavy atom. The number of rotatable bonds is 2. The fraction of sp³-hybridized carbons (Fsp3) is 0.545. The minimum Gasteiger partial charge on any atom is -0.355 e. The summed E-state index contributed by atoms with van der Waals surface area (Å²) in [5.41, 5.74) is 0. The standard InChI is InChI=1S/C11H16N4O/c1-9(16)14-10-2-6-15(7-3-10)11-8-12-4-5-13-11/h4-5,8,10H,2-3,6-7H2,1H3,(H,14,16). The molecule has 2 heterocycles. The molecule has 1 aromatic rings. The van der Waals surface area contributed by atoms with Gasteiger partial charge in [-0.05, 0) is 12.8 Å². The van der Waals surface area contributed by atoms with E-state index in [0.717, 1.165) is 31.7 Å². The summed E-state index contributed by atoms with van der Waals surface area (Å²) in [7, 11) is 0. The molecule has 16 heavy (non-hydrogen) atoms. The molecular formula is C11H16N4O. The van der Waals surface area contributed by atoms with Gasteiger partial charge in [-0.2, -0.15) is 0 Å². The summed E-state index contributed by atoms with van der Waals surface area (Å²) >= 11 is 0. The van der Waals surface area contributed by atoms with Gasteiger partial charge in [0.1, 0.15) is 5.82 Å². The monoisotopic (exact) mass is 220 g/mol. The van der Waals surface area contributed by atoms with Crippen LogP contribution in [-0.2, 0) is 4.79 Å². The van der Waals surface area contributed by atoms with E-state index in [9.17, 15) is 4.79 Å². The first-order valence-electron chi connectivity index (χ1n) is 5.54. The van der Waals surface area contributed by atoms with E-state index < -0.39 is 0 Å². The summed E-state index contributed by atoms with van der Waals surface area (Å²) in [5.74, 6) is 0.974. The third-order valence-corrected chi connectivity index (χ3v) is 2.78. The first-order valence-corrected chi connectivity index (χ1v) is 5.54. The second-order valence-corrected chi connectivity index (χ2v) is 4.03. The highest BCUT2D eigenvalue weighted by Gasteiger charge is 2.20. The number of carbonyl (C=O) groups excluding carboxylic acids is 1. The van der Waals surface area contributed by atoms with Crippen LogP contribution in [0.1, 0.15) is 19.8 Å². The summed E-state index contributed by atoms with van der Waals surface area (Å²) in [4.78, 5) is 21.4. The van der Waals surface area contributed by atoms with Gasteiger partial charge >= 0.3 is 0 Å². The van der Waals surface area contributed by atoms with Crippen LogP contribution in [0, 0.1) is 0 Å². The van der Waals surface area contributed by atoms with Crippen molar-refractivity contribution in [2.75, 3.05) is 18.0 Å². The van der Waals surface area contributed by atoms with Gasteiger partial charge in [-0.1, -0.05) is 0 Å². The van der Waals surface area contributed by atoms with Crippen molar-refractivity contribution in [2.24, 2.45) is 0 Å². The SMILES string of the molecule is CC(=O)NC1CCN(c2cnccn2)CC1. The molecule has 2 rings (SSSR count). The Kier molecular flexibility index (Phi) is 3.34. The fourth-order valence-electron chi connectivity index (χ4n) is 1.99. The van der Waals surface area contributed by atoms with Gasteiger partial charge in [0, 0.05) is 38.4 Å². The van der Waals surface area contributed by atoms with Crippen molar-refractivity contribution < 1.29 is 4.79 Å². The van der Waals surface area contributed by atoms with E-state index in [4.69, 9.17) is 0 Å². The molecule has 1 aliphatic heterocycles. The predicted molar refractivity (Wildman–Crippen MR) is 61.1 cm³/mol. The second-order valence-electron chi connectivity index (χ2n) is 4.03. The fourth-order valence-corrected chi connectivity index (χ4v) is 1.99. The molecule has 1 aliphatic rings. The van der Waals surface area contributed by atoms with Gasteiger partial charge in [-0.15, -0.1) is 0 Å².